The van der Waals surface area contributed by atoms with E-state index in [2.05, 4.69) is 37.3 Å². The van der Waals surface area contributed by atoms with Gasteiger partial charge in [0.25, 0.3) is 0 Å². The van der Waals surface area contributed by atoms with Gasteiger partial charge in [-0.1, -0.05) is 63.0 Å². The first kappa shape index (κ1) is 21.6. The van der Waals surface area contributed by atoms with E-state index in [9.17, 15) is 4.39 Å². The lowest BCUT2D eigenvalue weighted by Crippen LogP contribution is -2.30. The predicted octanol–water partition coefficient (Wildman–Crippen LogP) is 8.98. The Kier molecular flexibility index (Phi) is 7.28. The molecule has 2 aromatic carbocycles. The van der Waals surface area contributed by atoms with Gasteiger partial charge in [-0.05, 0) is 110 Å². The first-order chi connectivity index (χ1) is 14.7. The highest BCUT2D eigenvalue weighted by molar-refractivity contribution is 5.84. The lowest BCUT2D eigenvalue weighted by molar-refractivity contribution is 0.113. The molecule has 1 heteroatoms. The number of benzene rings is 2. The van der Waals surface area contributed by atoms with Crippen LogP contribution in [0.3, 0.4) is 0 Å². The number of halogens is 1. The van der Waals surface area contributed by atoms with Crippen LogP contribution in [0, 0.1) is 23.6 Å². The van der Waals surface area contributed by atoms with Crippen molar-refractivity contribution >= 4 is 10.8 Å². The number of aryl methyl sites for hydroxylation is 1. The van der Waals surface area contributed by atoms with Crippen molar-refractivity contribution in [3.8, 4) is 0 Å². The summed E-state index contributed by atoms with van der Waals surface area (Å²) in [7, 11) is 0. The summed E-state index contributed by atoms with van der Waals surface area (Å²) >= 11 is 0. The van der Waals surface area contributed by atoms with Crippen LogP contribution in [0.2, 0.25) is 0 Å². The summed E-state index contributed by atoms with van der Waals surface area (Å²) in [5.41, 5.74) is 2.28. The molecular weight excluding hydrogens is 367 g/mol. The second-order valence-electron chi connectivity index (χ2n) is 10.0. The third kappa shape index (κ3) is 4.98. The third-order valence-electron chi connectivity index (χ3n) is 8.00. The van der Waals surface area contributed by atoms with Crippen molar-refractivity contribution in [1.29, 1.82) is 0 Å². The van der Waals surface area contributed by atoms with Gasteiger partial charge in [0.05, 0.1) is 0 Å². The lowest BCUT2D eigenvalue weighted by Gasteiger charge is -2.42. The molecule has 2 aromatic rings. The molecule has 0 radical (unpaired) electrons. The highest BCUT2D eigenvalue weighted by atomic mass is 19.1. The molecule has 0 nitrogen and oxygen atoms in total. The second kappa shape index (κ2) is 10.1. The SMILES string of the molecule is C/C=C/CCc1cc2ccc([C@@H]3CC[C@@H]4CC(CCCC)CCC4C3)cc2cc1F. The van der Waals surface area contributed by atoms with Crippen LogP contribution in [-0.4, -0.2) is 0 Å². The molecule has 0 spiro atoms. The summed E-state index contributed by atoms with van der Waals surface area (Å²) in [6.45, 7) is 4.33. The summed E-state index contributed by atoms with van der Waals surface area (Å²) < 4.78 is 14.6. The Balaban J connectivity index is 1.43. The molecule has 0 aromatic heterocycles. The van der Waals surface area contributed by atoms with Crippen LogP contribution in [-0.2, 0) is 6.42 Å². The molecule has 0 aliphatic heterocycles. The fraction of sp³-hybridized carbons (Fsp3) is 0.586. The normalized spacial score (nSPS) is 26.9. The zero-order valence-electron chi connectivity index (χ0n) is 19.0. The van der Waals surface area contributed by atoms with E-state index < -0.39 is 0 Å². The molecule has 2 saturated carbocycles. The van der Waals surface area contributed by atoms with E-state index in [1.807, 2.05) is 13.0 Å². The van der Waals surface area contributed by atoms with Gasteiger partial charge >= 0.3 is 0 Å². The first-order valence-corrected chi connectivity index (χ1v) is 12.5. The summed E-state index contributed by atoms with van der Waals surface area (Å²) in [5, 5.41) is 2.26. The Labute approximate surface area is 183 Å². The molecule has 2 unspecified atom stereocenters. The van der Waals surface area contributed by atoms with E-state index in [0.29, 0.717) is 5.92 Å². The minimum absolute atomic E-state index is 0.0433. The molecule has 0 amide bonds. The molecule has 2 fully saturated rings. The van der Waals surface area contributed by atoms with Crippen molar-refractivity contribution < 1.29 is 4.39 Å². The fourth-order valence-electron chi connectivity index (χ4n) is 6.23. The van der Waals surface area contributed by atoms with Gasteiger partial charge in [0, 0.05) is 0 Å². The van der Waals surface area contributed by atoms with Crippen LogP contribution in [0.25, 0.3) is 10.8 Å². The van der Waals surface area contributed by atoms with E-state index in [1.165, 1.54) is 68.7 Å². The minimum Gasteiger partial charge on any atom is -0.207 e. The van der Waals surface area contributed by atoms with Gasteiger partial charge in [-0.15, -0.1) is 0 Å². The van der Waals surface area contributed by atoms with Gasteiger partial charge in [0.2, 0.25) is 0 Å². The standard InChI is InChI=1S/C29H39F/c1-3-5-7-9-27-18-26-15-14-25(19-28(26)20-29(27)30)24-13-12-22-16-21(8-6-4-2)10-11-23(22)17-24/h3,5,14-15,18-24H,4,6-13,16-17H2,1-2H3/b5-3+/t21?,22-,23?,24-/m1/s1. The molecule has 2 aliphatic carbocycles. The van der Waals surface area contributed by atoms with Crippen molar-refractivity contribution in [1.82, 2.24) is 0 Å². The topological polar surface area (TPSA) is 0 Å². The number of rotatable bonds is 7. The zero-order valence-corrected chi connectivity index (χ0v) is 19.0. The van der Waals surface area contributed by atoms with E-state index in [1.54, 1.807) is 6.07 Å². The van der Waals surface area contributed by atoms with E-state index >= 15 is 0 Å². The monoisotopic (exact) mass is 406 g/mol. The summed E-state index contributed by atoms with van der Waals surface area (Å²) in [4.78, 5) is 0. The van der Waals surface area contributed by atoms with Gasteiger partial charge in [-0.3, -0.25) is 0 Å². The Bertz CT molecular complexity index is 864. The molecule has 0 bridgehead atoms. The van der Waals surface area contributed by atoms with Gasteiger partial charge in [0.15, 0.2) is 0 Å². The molecule has 30 heavy (non-hydrogen) atoms. The highest BCUT2D eigenvalue weighted by Gasteiger charge is 2.35. The fourth-order valence-corrected chi connectivity index (χ4v) is 6.23. The smallest absolute Gasteiger partial charge is 0.127 e. The minimum atomic E-state index is -0.0433. The molecular formula is C29H39F. The van der Waals surface area contributed by atoms with E-state index in [0.717, 1.165) is 41.5 Å². The number of fused-ring (bicyclic) bond motifs is 2. The Morgan fingerprint density at radius 2 is 1.80 bits per heavy atom. The average molecular weight is 407 g/mol. The largest absolute Gasteiger partial charge is 0.207 e. The van der Waals surface area contributed by atoms with Gasteiger partial charge < -0.3 is 0 Å². The maximum Gasteiger partial charge on any atom is 0.127 e. The van der Waals surface area contributed by atoms with Crippen LogP contribution < -0.4 is 0 Å². The molecule has 162 valence electrons. The summed E-state index contributed by atoms with van der Waals surface area (Å²) in [6, 6.07) is 10.7. The van der Waals surface area contributed by atoms with Crippen molar-refractivity contribution in [3.63, 3.8) is 0 Å². The maximum atomic E-state index is 14.6. The van der Waals surface area contributed by atoms with Gasteiger partial charge in [-0.2, -0.15) is 0 Å². The first-order valence-electron chi connectivity index (χ1n) is 12.5. The second-order valence-corrected chi connectivity index (χ2v) is 10.0. The van der Waals surface area contributed by atoms with Crippen LogP contribution in [0.15, 0.2) is 42.5 Å². The molecule has 2 aliphatic rings. The lowest BCUT2D eigenvalue weighted by atomic mass is 9.63. The Hall–Kier alpha value is -1.63. The van der Waals surface area contributed by atoms with E-state index in [4.69, 9.17) is 0 Å². The van der Waals surface area contributed by atoms with Crippen molar-refractivity contribution in [3.05, 3.63) is 59.4 Å². The summed E-state index contributed by atoms with van der Waals surface area (Å²) in [6.07, 6.45) is 18.5. The van der Waals surface area contributed by atoms with Crippen LogP contribution in [0.5, 0.6) is 0 Å². The Morgan fingerprint density at radius 3 is 2.63 bits per heavy atom. The number of unbranched alkanes of at least 4 members (excludes halogenated alkanes) is 1. The van der Waals surface area contributed by atoms with Crippen LogP contribution in [0.4, 0.5) is 4.39 Å². The highest BCUT2D eigenvalue weighted by Crippen LogP contribution is 2.48. The van der Waals surface area contributed by atoms with Gasteiger partial charge in [0.1, 0.15) is 5.82 Å². The maximum absolute atomic E-state index is 14.6. The van der Waals surface area contributed by atoms with Crippen molar-refractivity contribution in [2.24, 2.45) is 17.8 Å². The number of hydrogen-bond donors (Lipinski definition) is 0. The van der Waals surface area contributed by atoms with Crippen LogP contribution >= 0.6 is 0 Å². The average Bonchev–Trinajstić information content (AvgIpc) is 2.77. The van der Waals surface area contributed by atoms with Crippen molar-refractivity contribution in [2.45, 2.75) is 90.4 Å². The molecule has 4 atom stereocenters. The number of allylic oxidation sites excluding steroid dienone is 2. The third-order valence-corrected chi connectivity index (χ3v) is 8.00. The van der Waals surface area contributed by atoms with E-state index in [-0.39, 0.29) is 5.82 Å². The number of hydrogen-bond acceptors (Lipinski definition) is 0. The molecule has 4 rings (SSSR count). The molecule has 0 saturated heterocycles. The molecule has 0 heterocycles. The quantitative estimate of drug-likeness (QED) is 0.402. The zero-order chi connectivity index (χ0) is 20.9. The molecule has 0 N–H and O–H groups in total. The summed E-state index contributed by atoms with van der Waals surface area (Å²) in [5.74, 6) is 3.50. The predicted molar refractivity (Wildman–Crippen MR) is 127 cm³/mol. The van der Waals surface area contributed by atoms with Gasteiger partial charge in [-0.25, -0.2) is 4.39 Å². The Morgan fingerprint density at radius 1 is 0.967 bits per heavy atom. The van der Waals surface area contributed by atoms with Crippen molar-refractivity contribution in [2.75, 3.05) is 0 Å². The van der Waals surface area contributed by atoms with Crippen LogP contribution in [0.1, 0.15) is 95.1 Å².